The lowest BCUT2D eigenvalue weighted by atomic mass is 10.1. The highest BCUT2D eigenvalue weighted by Crippen LogP contribution is 2.12. The van der Waals surface area contributed by atoms with Crippen molar-refractivity contribution in [2.75, 3.05) is 0 Å². The van der Waals surface area contributed by atoms with Crippen molar-refractivity contribution in [2.45, 2.75) is 41.5 Å². The summed E-state index contributed by atoms with van der Waals surface area (Å²) in [5, 5.41) is 8.97. The van der Waals surface area contributed by atoms with Crippen LogP contribution in [0.1, 0.15) is 33.9 Å². The lowest BCUT2D eigenvalue weighted by Gasteiger charge is -2.22. The normalized spacial score (nSPS) is 11.2. The van der Waals surface area contributed by atoms with Crippen molar-refractivity contribution < 1.29 is 0 Å². The van der Waals surface area contributed by atoms with E-state index in [1.165, 1.54) is 11.1 Å². The van der Waals surface area contributed by atoms with Crippen LogP contribution in [0.3, 0.4) is 0 Å². The Bertz CT molecular complexity index is 515. The Hall–Kier alpha value is -1.52. The van der Waals surface area contributed by atoms with Gasteiger partial charge in [0.25, 0.3) is 0 Å². The van der Waals surface area contributed by atoms with Crippen LogP contribution in [-0.4, -0.2) is 26.9 Å². The van der Waals surface area contributed by atoms with Gasteiger partial charge in [-0.15, -0.1) is 0 Å². The average Bonchev–Trinajstić information content (AvgIpc) is 2.66. The maximum atomic E-state index is 4.49. The molecule has 0 aliphatic carbocycles. The minimum Gasteiger partial charge on any atom is -0.486 e. The van der Waals surface area contributed by atoms with E-state index < -0.39 is 0 Å². The van der Waals surface area contributed by atoms with Gasteiger partial charge in [0.1, 0.15) is 0 Å². The van der Waals surface area contributed by atoms with Gasteiger partial charge >= 0.3 is 0 Å². The molecule has 0 spiro atoms. The monoisotopic (exact) mass is 229 g/mol. The van der Waals surface area contributed by atoms with Gasteiger partial charge < -0.3 is 9.19 Å². The smallest absolute Gasteiger partial charge is 0.0578 e. The largest absolute Gasteiger partial charge is 0.486 e. The molecule has 4 nitrogen and oxygen atoms in total. The van der Waals surface area contributed by atoms with E-state index in [2.05, 4.69) is 37.9 Å². The maximum Gasteiger partial charge on any atom is 0.0578 e. The van der Waals surface area contributed by atoms with Gasteiger partial charge in [-0.25, -0.2) is 10.2 Å². The van der Waals surface area contributed by atoms with E-state index in [-0.39, 0.29) is 0 Å². The molecule has 2 rings (SSSR count). The number of aryl methyl sites for hydroxylation is 2. The van der Waals surface area contributed by atoms with Gasteiger partial charge in [0.2, 0.25) is 0 Å². The molecule has 0 unspecified atom stereocenters. The van der Waals surface area contributed by atoms with Crippen molar-refractivity contribution in [3.63, 3.8) is 0 Å². The molecule has 0 aliphatic rings. The molecular weight excluding hydrogens is 211 g/mol. The Kier molecular flexibility index (Phi) is 2.85. The van der Waals surface area contributed by atoms with Crippen molar-refractivity contribution in [3.8, 4) is 0 Å². The van der Waals surface area contributed by atoms with E-state index in [4.69, 9.17) is 0 Å². The number of hydrogen-bond donors (Lipinski definition) is 0. The molecule has 2 heterocycles. The number of nitrogens with zero attached hydrogens (tertiary/aromatic N) is 4. The Labute approximate surface area is 103 Å². The molecule has 2 aromatic heterocycles. The van der Waals surface area contributed by atoms with Crippen molar-refractivity contribution in [3.05, 3.63) is 33.9 Å². The summed E-state index contributed by atoms with van der Waals surface area (Å²) in [6, 6.07) is 0. The van der Waals surface area contributed by atoms with E-state index in [1.807, 2.05) is 30.6 Å². The van der Waals surface area contributed by atoms with E-state index in [0.717, 1.165) is 22.8 Å². The van der Waals surface area contributed by atoms with Crippen LogP contribution in [0.15, 0.2) is 0 Å². The summed E-state index contributed by atoms with van der Waals surface area (Å²) < 4.78 is 3.78. The van der Waals surface area contributed by atoms with Crippen LogP contribution in [0.25, 0.3) is 0 Å². The summed E-state index contributed by atoms with van der Waals surface area (Å²) in [7, 11) is 1.94. The fourth-order valence-corrected chi connectivity index (χ4v) is 1.82. The Morgan fingerprint density at radius 1 is 0.706 bits per heavy atom. The highest BCUT2D eigenvalue weighted by molar-refractivity contribution is 6.31. The summed E-state index contributed by atoms with van der Waals surface area (Å²) in [6.07, 6.45) is 0. The second-order valence-corrected chi connectivity index (χ2v) is 4.60. The quantitative estimate of drug-likeness (QED) is 0.737. The van der Waals surface area contributed by atoms with Crippen LogP contribution >= 0.6 is 0 Å². The lowest BCUT2D eigenvalue weighted by Crippen LogP contribution is -2.22. The highest BCUT2D eigenvalue weighted by Gasteiger charge is 2.04. The number of aromatic nitrogens is 4. The minimum absolute atomic E-state index is 1.07. The molecule has 0 saturated heterocycles. The van der Waals surface area contributed by atoms with E-state index >= 15 is 0 Å². The molecule has 0 atom stereocenters. The summed E-state index contributed by atoms with van der Waals surface area (Å²) in [6.45, 7) is 12.4. The summed E-state index contributed by atoms with van der Waals surface area (Å²) in [5.74, 6) is 0. The van der Waals surface area contributed by atoms with Gasteiger partial charge in [0.05, 0.1) is 11.4 Å². The summed E-state index contributed by atoms with van der Waals surface area (Å²) in [5.41, 5.74) is 6.92. The van der Waals surface area contributed by atoms with Crippen LogP contribution in [0.2, 0.25) is 0 Å². The third kappa shape index (κ3) is 1.90. The zero-order valence-corrected chi connectivity index (χ0v) is 11.4. The molecule has 2 radical (unpaired) electrons. The van der Waals surface area contributed by atoms with Gasteiger partial charge in [-0.2, -0.15) is 0 Å². The predicted molar refractivity (Wildman–Crippen MR) is 69.4 cm³/mol. The molecule has 0 fully saturated rings. The molecule has 2 aromatic rings. The average molecular weight is 229 g/mol. The molecule has 90 valence electrons. The Morgan fingerprint density at radius 2 is 1.06 bits per heavy atom. The van der Waals surface area contributed by atoms with Gasteiger partial charge in [0, 0.05) is 0 Å². The summed E-state index contributed by atoms with van der Waals surface area (Å²) >= 11 is 0. The van der Waals surface area contributed by atoms with Crippen LogP contribution in [-0.2, 0) is 0 Å². The van der Waals surface area contributed by atoms with Gasteiger partial charge in [-0.05, 0) is 71.6 Å². The third-order valence-electron chi connectivity index (χ3n) is 3.59. The zero-order valence-electron chi connectivity index (χ0n) is 11.4. The van der Waals surface area contributed by atoms with Gasteiger partial charge in [-0.3, -0.25) is 0 Å². The van der Waals surface area contributed by atoms with Crippen molar-refractivity contribution in [1.82, 2.24) is 19.4 Å². The SMILES string of the molecule is Cc1nn([B-]n2nc(C)c(C)c2C)c(C)c1C. The lowest BCUT2D eigenvalue weighted by molar-refractivity contribution is 0.833. The molecule has 5 heteroatoms. The number of hydrogen-bond acceptors (Lipinski definition) is 2. The van der Waals surface area contributed by atoms with E-state index in [9.17, 15) is 0 Å². The first-order chi connectivity index (χ1) is 7.91. The molecule has 0 aliphatic heterocycles. The zero-order chi connectivity index (χ0) is 12.7. The first-order valence-corrected chi connectivity index (χ1v) is 5.81. The topological polar surface area (TPSA) is 35.6 Å². The molecule has 17 heavy (non-hydrogen) atoms. The first-order valence-electron chi connectivity index (χ1n) is 5.81. The molecule has 0 bridgehead atoms. The fourth-order valence-electron chi connectivity index (χ4n) is 1.82. The molecule has 0 saturated carbocycles. The van der Waals surface area contributed by atoms with Crippen LogP contribution < -0.4 is 0 Å². The highest BCUT2D eigenvalue weighted by atomic mass is 15.3. The second-order valence-electron chi connectivity index (χ2n) is 4.60. The van der Waals surface area contributed by atoms with Gasteiger partial charge in [0.15, 0.2) is 0 Å². The molecule has 0 aromatic carbocycles. The first kappa shape index (κ1) is 12.0. The van der Waals surface area contributed by atoms with Gasteiger partial charge in [-0.1, -0.05) is 0 Å². The van der Waals surface area contributed by atoms with Crippen LogP contribution in [0.5, 0.6) is 0 Å². The van der Waals surface area contributed by atoms with Crippen LogP contribution in [0, 0.1) is 41.5 Å². The van der Waals surface area contributed by atoms with Crippen molar-refractivity contribution in [1.29, 1.82) is 0 Å². The van der Waals surface area contributed by atoms with Crippen LogP contribution in [0.4, 0.5) is 0 Å². The summed E-state index contributed by atoms with van der Waals surface area (Å²) in [4.78, 5) is 0. The van der Waals surface area contributed by atoms with E-state index in [1.54, 1.807) is 0 Å². The van der Waals surface area contributed by atoms with E-state index in [0.29, 0.717) is 0 Å². The fraction of sp³-hybridized carbons (Fsp3) is 0.500. The maximum absolute atomic E-state index is 4.49. The Balaban J connectivity index is 2.38. The molecular formula is C12H18BN4-. The predicted octanol–water partition coefficient (Wildman–Crippen LogP) is 1.86. The molecule has 0 amide bonds. The second kappa shape index (κ2) is 4.06. The number of rotatable bonds is 2. The Morgan fingerprint density at radius 3 is 1.29 bits per heavy atom. The van der Waals surface area contributed by atoms with Crippen molar-refractivity contribution >= 4 is 7.55 Å². The molecule has 0 N–H and O–H groups in total. The standard InChI is InChI=1S/C12H18BN4/c1-7-9(3)14-16(11(7)5)13-17-12(6)8(2)10(4)15-17/h1-6H3/q-1. The minimum atomic E-state index is 1.07. The third-order valence-corrected chi connectivity index (χ3v) is 3.59. The van der Waals surface area contributed by atoms with Crippen molar-refractivity contribution in [2.24, 2.45) is 0 Å².